The van der Waals surface area contributed by atoms with Crippen LogP contribution in [0.2, 0.25) is 0 Å². The van der Waals surface area contributed by atoms with Crippen LogP contribution in [0.4, 0.5) is 0 Å². The highest BCUT2D eigenvalue weighted by molar-refractivity contribution is 5.98. The Morgan fingerprint density at radius 3 is 3.33 bits per heavy atom. The molecule has 2 aliphatic rings. The van der Waals surface area contributed by atoms with Crippen LogP contribution in [0, 0.1) is 0 Å². The van der Waals surface area contributed by atoms with E-state index < -0.39 is 0 Å². The van der Waals surface area contributed by atoms with Crippen molar-refractivity contribution in [3.05, 3.63) is 30.9 Å². The van der Waals surface area contributed by atoms with Crippen molar-refractivity contribution < 1.29 is 8.94 Å². The predicted molar refractivity (Wildman–Crippen MR) is 42.9 cm³/mol. The fourth-order valence-electron chi connectivity index (χ4n) is 1.42. The summed E-state index contributed by atoms with van der Waals surface area (Å²) in [6.45, 7) is 0. The Balaban J connectivity index is 2.60. The molecule has 0 radical (unpaired) electrons. The van der Waals surface area contributed by atoms with Gasteiger partial charge in [-0.25, -0.2) is 0 Å². The van der Waals surface area contributed by atoms with Crippen LogP contribution in [-0.4, -0.2) is 5.16 Å². The topological polar surface area (TPSA) is 39.2 Å². The van der Waals surface area contributed by atoms with Crippen molar-refractivity contribution in [3.8, 4) is 11.1 Å². The third kappa shape index (κ3) is 0.580. The zero-order chi connectivity index (χ0) is 7.97. The Morgan fingerprint density at radius 2 is 2.33 bits per heavy atom. The van der Waals surface area contributed by atoms with Crippen LogP contribution in [0.3, 0.4) is 0 Å². The van der Waals surface area contributed by atoms with E-state index in [1.165, 1.54) is 0 Å². The van der Waals surface area contributed by atoms with Crippen LogP contribution in [0.5, 0.6) is 0 Å². The molecule has 12 heavy (non-hydrogen) atoms. The molecule has 0 N–H and O–H groups in total. The van der Waals surface area contributed by atoms with Gasteiger partial charge in [0, 0.05) is 5.56 Å². The van der Waals surface area contributed by atoms with Gasteiger partial charge >= 0.3 is 0 Å². The third-order valence-electron chi connectivity index (χ3n) is 2.00. The zero-order valence-electron chi connectivity index (χ0n) is 6.15. The van der Waals surface area contributed by atoms with Gasteiger partial charge in [0.2, 0.25) is 0 Å². The highest BCUT2D eigenvalue weighted by Crippen LogP contribution is 2.33. The smallest absolute Gasteiger partial charge is 0.168 e. The first kappa shape index (κ1) is 5.83. The lowest BCUT2D eigenvalue weighted by molar-refractivity contribution is 0.456. The van der Waals surface area contributed by atoms with Crippen molar-refractivity contribution in [1.29, 1.82) is 0 Å². The van der Waals surface area contributed by atoms with Crippen molar-refractivity contribution in [2.24, 2.45) is 0 Å². The standard InChI is InChI=1S/C9H5NO2/c1-2-11-5-8-6(1)3-9-7(8)4-10-12-9/h1-5H. The fourth-order valence-corrected chi connectivity index (χ4v) is 1.42. The molecule has 0 aromatic carbocycles. The molecule has 0 unspecified atom stereocenters. The van der Waals surface area contributed by atoms with Crippen molar-refractivity contribution in [3.63, 3.8) is 0 Å². The van der Waals surface area contributed by atoms with Gasteiger partial charge in [-0.05, 0) is 17.7 Å². The molecular formula is C9H5NO2. The highest BCUT2D eigenvalue weighted by atomic mass is 16.5. The minimum Gasteiger partial charge on any atom is -0.472 e. The summed E-state index contributed by atoms with van der Waals surface area (Å²) in [4.78, 5) is 0. The van der Waals surface area contributed by atoms with E-state index in [1.807, 2.05) is 12.1 Å². The number of aromatic nitrogens is 1. The molecule has 58 valence electrons. The normalized spacial score (nSPS) is 11.3. The van der Waals surface area contributed by atoms with E-state index in [2.05, 4.69) is 5.16 Å². The molecule has 3 heteroatoms. The second kappa shape index (κ2) is 1.88. The molecule has 1 aromatic heterocycles. The monoisotopic (exact) mass is 159 g/mol. The summed E-state index contributed by atoms with van der Waals surface area (Å²) in [7, 11) is 0. The summed E-state index contributed by atoms with van der Waals surface area (Å²) in [5.41, 5.74) is 2.98. The first-order valence-corrected chi connectivity index (χ1v) is 3.64. The van der Waals surface area contributed by atoms with Crippen LogP contribution in [-0.2, 0) is 0 Å². The van der Waals surface area contributed by atoms with Gasteiger partial charge in [-0.1, -0.05) is 5.16 Å². The molecule has 1 aromatic rings. The summed E-state index contributed by atoms with van der Waals surface area (Å²) in [6, 6.07) is 3.86. The summed E-state index contributed by atoms with van der Waals surface area (Å²) >= 11 is 0. The molecule has 0 bridgehead atoms. The largest absolute Gasteiger partial charge is 0.472 e. The molecule has 2 heterocycles. The van der Waals surface area contributed by atoms with Crippen molar-refractivity contribution in [2.45, 2.75) is 0 Å². The van der Waals surface area contributed by atoms with Gasteiger partial charge in [0.15, 0.2) is 5.58 Å². The Hall–Kier alpha value is -1.77. The molecule has 0 atom stereocenters. The molecular weight excluding hydrogens is 154 g/mol. The predicted octanol–water partition coefficient (Wildman–Crippen LogP) is 2.53. The Bertz CT molecular complexity index is 494. The lowest BCUT2D eigenvalue weighted by Gasteiger charge is -1.93. The quantitative estimate of drug-likeness (QED) is 0.506. The third-order valence-corrected chi connectivity index (χ3v) is 2.00. The van der Waals surface area contributed by atoms with Gasteiger partial charge in [0.1, 0.15) is 0 Å². The van der Waals surface area contributed by atoms with Crippen LogP contribution in [0.1, 0.15) is 0 Å². The second-order valence-electron chi connectivity index (χ2n) is 2.67. The molecule has 3 rings (SSSR count). The van der Waals surface area contributed by atoms with E-state index in [4.69, 9.17) is 8.94 Å². The minimum atomic E-state index is 0.811. The van der Waals surface area contributed by atoms with Gasteiger partial charge in [-0.2, -0.15) is 0 Å². The van der Waals surface area contributed by atoms with E-state index in [-0.39, 0.29) is 0 Å². The zero-order valence-corrected chi connectivity index (χ0v) is 6.15. The molecule has 3 nitrogen and oxygen atoms in total. The first-order chi connectivity index (χ1) is 5.95. The van der Waals surface area contributed by atoms with E-state index in [0.717, 1.165) is 22.1 Å². The van der Waals surface area contributed by atoms with Gasteiger partial charge in [0.05, 0.1) is 24.1 Å². The number of rotatable bonds is 0. The molecule has 0 saturated heterocycles. The number of nitrogens with zero attached hydrogens (tertiary/aromatic N) is 1. The van der Waals surface area contributed by atoms with E-state index in [9.17, 15) is 0 Å². The molecule has 1 aliphatic heterocycles. The molecule has 0 fully saturated rings. The van der Waals surface area contributed by atoms with Crippen molar-refractivity contribution in [2.75, 3.05) is 0 Å². The maximum atomic E-state index is 5.06. The number of hydrogen-bond acceptors (Lipinski definition) is 3. The second-order valence-corrected chi connectivity index (χ2v) is 2.67. The lowest BCUT2D eigenvalue weighted by Crippen LogP contribution is -1.69. The summed E-state index contributed by atoms with van der Waals surface area (Å²) in [6.07, 6.45) is 5.05. The summed E-state index contributed by atoms with van der Waals surface area (Å²) < 4.78 is 10.1. The molecule has 0 amide bonds. The van der Waals surface area contributed by atoms with Crippen molar-refractivity contribution in [1.82, 2.24) is 5.16 Å². The number of hydrogen-bond donors (Lipinski definition) is 0. The highest BCUT2D eigenvalue weighted by Gasteiger charge is 2.12. The number of fused-ring (bicyclic) bond motifs is 3. The molecule has 0 saturated carbocycles. The first-order valence-electron chi connectivity index (χ1n) is 3.64. The average molecular weight is 159 g/mol. The Morgan fingerprint density at radius 1 is 1.33 bits per heavy atom. The van der Waals surface area contributed by atoms with E-state index in [1.54, 1.807) is 18.7 Å². The SMILES string of the molecule is c1cc2cc3oncc3c-2co1. The summed E-state index contributed by atoms with van der Waals surface area (Å²) in [5.74, 6) is 0. The van der Waals surface area contributed by atoms with Crippen LogP contribution < -0.4 is 0 Å². The van der Waals surface area contributed by atoms with E-state index >= 15 is 0 Å². The molecule has 0 spiro atoms. The minimum absolute atomic E-state index is 0.811. The lowest BCUT2D eigenvalue weighted by atomic mass is 10.2. The van der Waals surface area contributed by atoms with Gasteiger partial charge in [-0.15, -0.1) is 0 Å². The van der Waals surface area contributed by atoms with E-state index in [0.29, 0.717) is 0 Å². The maximum Gasteiger partial charge on any atom is 0.168 e. The fraction of sp³-hybridized carbons (Fsp3) is 0. The Kier molecular flexibility index (Phi) is 0.913. The maximum absolute atomic E-state index is 5.06. The van der Waals surface area contributed by atoms with Gasteiger partial charge in [-0.3, -0.25) is 0 Å². The average Bonchev–Trinajstić information content (AvgIpc) is 2.62. The van der Waals surface area contributed by atoms with Gasteiger partial charge in [0.25, 0.3) is 0 Å². The van der Waals surface area contributed by atoms with Crippen LogP contribution >= 0.6 is 0 Å². The Labute approximate surface area is 67.9 Å². The van der Waals surface area contributed by atoms with Crippen LogP contribution in [0.15, 0.2) is 39.8 Å². The summed E-state index contributed by atoms with van der Waals surface area (Å²) in [5, 5.41) is 4.70. The van der Waals surface area contributed by atoms with Gasteiger partial charge < -0.3 is 8.94 Å². The molecule has 1 aliphatic carbocycles. The van der Waals surface area contributed by atoms with Crippen molar-refractivity contribution >= 4 is 11.0 Å². The van der Waals surface area contributed by atoms with Crippen LogP contribution in [0.25, 0.3) is 22.1 Å².